The van der Waals surface area contributed by atoms with E-state index in [0.717, 1.165) is 0 Å². The van der Waals surface area contributed by atoms with E-state index in [0.29, 0.717) is 0 Å². The van der Waals surface area contributed by atoms with Gasteiger partial charge in [-0.1, -0.05) is 0 Å². The van der Waals surface area contributed by atoms with Crippen molar-refractivity contribution in [3.8, 4) is 0 Å². The van der Waals surface area contributed by atoms with Gasteiger partial charge in [0.25, 0.3) is 0 Å². The molecule has 0 saturated carbocycles. The van der Waals surface area contributed by atoms with Crippen LogP contribution in [0.1, 0.15) is 52.9 Å². The molecule has 0 saturated heterocycles. The predicted molar refractivity (Wildman–Crippen MR) is 95.3 cm³/mol. The molecule has 0 aliphatic heterocycles. The summed E-state index contributed by atoms with van der Waals surface area (Å²) in [4.78, 5) is 5.04. The van der Waals surface area contributed by atoms with E-state index in [2.05, 4.69) is 44.7 Å². The van der Waals surface area contributed by atoms with E-state index < -0.39 is 21.4 Å². The molecule has 0 aromatic carbocycles. The SMILES string of the molecule is CCCN(C)CC[CH2][In]([CH2]CC)[CH2]CCN(C)CCC. The van der Waals surface area contributed by atoms with E-state index in [1.165, 1.54) is 58.3 Å². The maximum atomic E-state index is 2.52. The van der Waals surface area contributed by atoms with Gasteiger partial charge < -0.3 is 0 Å². The van der Waals surface area contributed by atoms with Crippen LogP contribution < -0.4 is 0 Å². The Hall–Kier alpha value is 0.790. The van der Waals surface area contributed by atoms with Crippen molar-refractivity contribution in [3.05, 3.63) is 0 Å². The van der Waals surface area contributed by atoms with Crippen LogP contribution in [0.2, 0.25) is 12.5 Å². The molecular weight excluding hydrogens is 347 g/mol. The second-order valence-electron chi connectivity index (χ2n) is 6.55. The summed E-state index contributed by atoms with van der Waals surface area (Å²) >= 11 is -1.17. The fraction of sp³-hybridized carbons (Fsp3) is 1.00. The average molecular weight is 386 g/mol. The Morgan fingerprint density at radius 3 is 1.40 bits per heavy atom. The van der Waals surface area contributed by atoms with E-state index in [-0.39, 0.29) is 0 Å². The van der Waals surface area contributed by atoms with Crippen LogP contribution >= 0.6 is 0 Å². The molecule has 0 aliphatic rings. The third-order valence-corrected chi connectivity index (χ3v) is 15.2. The van der Waals surface area contributed by atoms with Gasteiger partial charge in [-0.25, -0.2) is 0 Å². The molecule has 0 spiro atoms. The fourth-order valence-corrected chi connectivity index (χ4v) is 12.3. The molecule has 3 heteroatoms. The molecule has 0 heterocycles. The third kappa shape index (κ3) is 12.5. The topological polar surface area (TPSA) is 6.48 Å². The molecule has 0 unspecified atom stereocenters. The molecule has 0 bridgehead atoms. The van der Waals surface area contributed by atoms with Gasteiger partial charge >= 0.3 is 137 Å². The second kappa shape index (κ2) is 14.7. The zero-order chi connectivity index (χ0) is 15.2. The van der Waals surface area contributed by atoms with Gasteiger partial charge in [-0.05, 0) is 0 Å². The summed E-state index contributed by atoms with van der Waals surface area (Å²) in [6.07, 6.45) is 6.98. The van der Waals surface area contributed by atoms with E-state index in [4.69, 9.17) is 0 Å². The van der Waals surface area contributed by atoms with Crippen molar-refractivity contribution < 1.29 is 0 Å². The molecule has 0 aromatic rings. The molecule has 0 rings (SSSR count). The Morgan fingerprint density at radius 2 is 1.05 bits per heavy atom. The average Bonchev–Trinajstić information content (AvgIpc) is 2.39. The van der Waals surface area contributed by atoms with E-state index in [1.807, 2.05) is 0 Å². The molecule has 0 aromatic heterocycles. The predicted octanol–water partition coefficient (Wildman–Crippen LogP) is 4.36. The number of rotatable bonds is 14. The minimum absolute atomic E-state index is 1.17. The number of hydrogen-bond acceptors (Lipinski definition) is 2. The van der Waals surface area contributed by atoms with E-state index >= 15 is 0 Å². The van der Waals surface area contributed by atoms with Crippen molar-refractivity contribution in [3.63, 3.8) is 0 Å². The molecule has 0 aliphatic carbocycles. The van der Waals surface area contributed by atoms with E-state index in [9.17, 15) is 0 Å². The van der Waals surface area contributed by atoms with Crippen LogP contribution in [0.15, 0.2) is 0 Å². The molecule has 120 valence electrons. The van der Waals surface area contributed by atoms with Crippen LogP contribution in [0.5, 0.6) is 0 Å². The Labute approximate surface area is 136 Å². The van der Waals surface area contributed by atoms with Gasteiger partial charge in [-0.15, -0.1) is 0 Å². The summed E-state index contributed by atoms with van der Waals surface area (Å²) in [5.74, 6) is 0. The Bertz CT molecular complexity index is 181. The van der Waals surface area contributed by atoms with Gasteiger partial charge in [0, 0.05) is 0 Å². The Morgan fingerprint density at radius 1 is 0.600 bits per heavy atom. The summed E-state index contributed by atoms with van der Waals surface area (Å²) in [5.41, 5.74) is 0. The standard InChI is InChI=1S/2C7H16N.C3H7.In/c2*1-4-6-8(3)7-5-2;1-3-2;/h2*1,4-7H2,2-3H3;1,3H2,2H3;. The molecule has 0 N–H and O–H groups in total. The first-order valence-corrected chi connectivity index (χ1v) is 16.0. The first-order valence-electron chi connectivity index (χ1n) is 9.01. The van der Waals surface area contributed by atoms with Gasteiger partial charge in [0.1, 0.15) is 0 Å². The van der Waals surface area contributed by atoms with Crippen LogP contribution in [0.25, 0.3) is 0 Å². The molecule has 0 amide bonds. The Kier molecular flexibility index (Phi) is 15.3. The van der Waals surface area contributed by atoms with Crippen molar-refractivity contribution in [1.82, 2.24) is 9.80 Å². The van der Waals surface area contributed by atoms with Crippen molar-refractivity contribution in [2.24, 2.45) is 0 Å². The summed E-state index contributed by atoms with van der Waals surface area (Å²) < 4.78 is 4.92. The van der Waals surface area contributed by atoms with Gasteiger partial charge in [-0.2, -0.15) is 0 Å². The molecule has 2 nitrogen and oxygen atoms in total. The van der Waals surface area contributed by atoms with Crippen molar-refractivity contribution in [2.75, 3.05) is 40.3 Å². The van der Waals surface area contributed by atoms with Gasteiger partial charge in [0.05, 0.1) is 0 Å². The molecule has 0 atom stereocenters. The van der Waals surface area contributed by atoms with Crippen molar-refractivity contribution in [1.29, 1.82) is 0 Å². The van der Waals surface area contributed by atoms with Crippen molar-refractivity contribution in [2.45, 2.75) is 65.4 Å². The third-order valence-electron chi connectivity index (χ3n) is 4.21. The van der Waals surface area contributed by atoms with E-state index in [1.54, 1.807) is 12.5 Å². The van der Waals surface area contributed by atoms with Gasteiger partial charge in [0.2, 0.25) is 0 Å². The number of nitrogens with zero attached hydrogens (tertiary/aromatic N) is 2. The molecule has 0 fully saturated rings. The van der Waals surface area contributed by atoms with Gasteiger partial charge in [0.15, 0.2) is 0 Å². The molecule has 0 radical (unpaired) electrons. The quantitative estimate of drug-likeness (QED) is 0.438. The zero-order valence-corrected chi connectivity index (χ0v) is 18.3. The van der Waals surface area contributed by atoms with Crippen LogP contribution in [0.4, 0.5) is 0 Å². The number of hydrogen-bond donors (Lipinski definition) is 0. The maximum absolute atomic E-state index is 2.52. The van der Waals surface area contributed by atoms with Crippen LogP contribution in [-0.2, 0) is 0 Å². The van der Waals surface area contributed by atoms with Crippen LogP contribution in [0, 0.1) is 0 Å². The Balaban J connectivity index is 3.75. The summed E-state index contributed by atoms with van der Waals surface area (Å²) in [6.45, 7) is 12.2. The first-order chi connectivity index (χ1) is 9.63. The minimum atomic E-state index is -1.17. The van der Waals surface area contributed by atoms with Crippen molar-refractivity contribution >= 4 is 21.4 Å². The van der Waals surface area contributed by atoms with Crippen LogP contribution in [0.3, 0.4) is 0 Å². The normalized spacial score (nSPS) is 11.6. The molecular formula is C17H39InN2. The first kappa shape index (κ1) is 20.8. The zero-order valence-electron chi connectivity index (χ0n) is 15.0. The molecule has 20 heavy (non-hydrogen) atoms. The summed E-state index contributed by atoms with van der Waals surface area (Å²) in [5, 5.41) is 0. The fourth-order valence-electron chi connectivity index (χ4n) is 3.13. The monoisotopic (exact) mass is 386 g/mol. The van der Waals surface area contributed by atoms with Crippen LogP contribution in [-0.4, -0.2) is 71.5 Å². The summed E-state index contributed by atoms with van der Waals surface area (Å²) in [7, 11) is 4.57. The van der Waals surface area contributed by atoms with Gasteiger partial charge in [-0.3, -0.25) is 0 Å². The summed E-state index contributed by atoms with van der Waals surface area (Å²) in [6, 6.07) is 0. The second-order valence-corrected chi connectivity index (χ2v) is 16.4.